The minimum atomic E-state index is -0.375. The first-order chi connectivity index (χ1) is 17.6. The number of halogens is 1. The first-order valence-electron chi connectivity index (χ1n) is 11.8. The molecular weight excluding hydrogens is 492 g/mol. The molecule has 0 saturated carbocycles. The van der Waals surface area contributed by atoms with Gasteiger partial charge in [-0.3, -0.25) is 14.2 Å². The van der Waals surface area contributed by atoms with Crippen LogP contribution in [0.1, 0.15) is 19.4 Å². The van der Waals surface area contributed by atoms with Gasteiger partial charge in [0.25, 0.3) is 5.56 Å². The van der Waals surface area contributed by atoms with Gasteiger partial charge in [-0.2, -0.15) is 0 Å². The maximum atomic E-state index is 13.8. The molecule has 0 aliphatic rings. The van der Waals surface area contributed by atoms with E-state index in [0.29, 0.717) is 34.2 Å². The summed E-state index contributed by atoms with van der Waals surface area (Å²) in [6.45, 7) is 4.24. The summed E-state index contributed by atoms with van der Waals surface area (Å²) in [6, 6.07) is 10.8. The number of hydrogen-bond donors (Lipinski definition) is 1. The van der Waals surface area contributed by atoms with E-state index in [9.17, 15) is 9.59 Å². The fourth-order valence-electron chi connectivity index (χ4n) is 4.08. The molecule has 3 aromatic heterocycles. The molecule has 37 heavy (non-hydrogen) atoms. The van der Waals surface area contributed by atoms with E-state index >= 15 is 0 Å². The van der Waals surface area contributed by atoms with Crippen molar-refractivity contribution in [1.82, 2.24) is 29.7 Å². The largest absolute Gasteiger partial charge is 0.481 e. The quantitative estimate of drug-likeness (QED) is 0.377. The molecule has 4 rings (SSSR count). The second kappa shape index (κ2) is 11.1. The van der Waals surface area contributed by atoms with E-state index in [1.54, 1.807) is 30.6 Å². The van der Waals surface area contributed by atoms with Gasteiger partial charge in [0.2, 0.25) is 11.8 Å². The summed E-state index contributed by atoms with van der Waals surface area (Å²) < 4.78 is 6.60. The van der Waals surface area contributed by atoms with Crippen LogP contribution in [-0.2, 0) is 17.9 Å². The Labute approximate surface area is 220 Å². The summed E-state index contributed by atoms with van der Waals surface area (Å²) in [5.41, 5.74) is 3.08. The number of ether oxygens (including phenoxy) is 1. The molecule has 192 valence electrons. The number of rotatable bonds is 8. The Hall–Kier alpha value is -3.82. The van der Waals surface area contributed by atoms with Crippen LogP contribution in [0, 0.1) is 0 Å². The second-order valence-electron chi connectivity index (χ2n) is 9.32. The van der Waals surface area contributed by atoms with Crippen molar-refractivity contribution in [2.24, 2.45) is 0 Å². The lowest BCUT2D eigenvalue weighted by Crippen LogP contribution is -2.37. The Morgan fingerprint density at radius 3 is 2.59 bits per heavy atom. The second-order valence-corrected chi connectivity index (χ2v) is 9.75. The molecule has 0 bridgehead atoms. The first kappa shape index (κ1) is 26.2. The van der Waals surface area contributed by atoms with Crippen molar-refractivity contribution < 1.29 is 9.53 Å². The lowest BCUT2D eigenvalue weighted by Gasteiger charge is -2.15. The molecule has 0 aliphatic heterocycles. The van der Waals surface area contributed by atoms with Gasteiger partial charge in [-0.1, -0.05) is 11.6 Å². The van der Waals surface area contributed by atoms with E-state index in [-0.39, 0.29) is 29.7 Å². The number of fused-ring (bicyclic) bond motifs is 1. The SMILES string of the molecule is COc1cc(-c2nc3ncc(-c4cc(Cl)cc(CN(C)C)c4)cc3c(=O)n2CC(=O)NC(C)C)ccn1. The predicted molar refractivity (Wildman–Crippen MR) is 145 cm³/mol. The number of amides is 1. The van der Waals surface area contributed by atoms with Crippen LogP contribution < -0.4 is 15.6 Å². The summed E-state index contributed by atoms with van der Waals surface area (Å²) in [5, 5.41) is 3.73. The van der Waals surface area contributed by atoms with E-state index in [1.165, 1.54) is 11.7 Å². The van der Waals surface area contributed by atoms with Gasteiger partial charge in [0.15, 0.2) is 5.65 Å². The van der Waals surface area contributed by atoms with Crippen molar-refractivity contribution in [2.45, 2.75) is 33.0 Å². The number of nitrogens with one attached hydrogen (secondary N) is 1. The Morgan fingerprint density at radius 2 is 1.89 bits per heavy atom. The zero-order valence-electron chi connectivity index (χ0n) is 21.4. The molecule has 0 spiro atoms. The van der Waals surface area contributed by atoms with E-state index < -0.39 is 0 Å². The molecule has 0 radical (unpaired) electrons. The molecule has 3 heterocycles. The third-order valence-electron chi connectivity index (χ3n) is 5.55. The summed E-state index contributed by atoms with van der Waals surface area (Å²) in [7, 11) is 5.47. The highest BCUT2D eigenvalue weighted by molar-refractivity contribution is 6.31. The van der Waals surface area contributed by atoms with Gasteiger partial charge < -0.3 is 15.0 Å². The number of nitrogens with zero attached hydrogens (tertiary/aromatic N) is 5. The van der Waals surface area contributed by atoms with Crippen LogP contribution in [-0.4, -0.2) is 57.6 Å². The van der Waals surface area contributed by atoms with Crippen molar-refractivity contribution in [2.75, 3.05) is 21.2 Å². The van der Waals surface area contributed by atoms with Gasteiger partial charge in [0.1, 0.15) is 12.4 Å². The van der Waals surface area contributed by atoms with Crippen molar-refractivity contribution in [3.05, 3.63) is 69.7 Å². The number of pyridine rings is 2. The summed E-state index contributed by atoms with van der Waals surface area (Å²) in [4.78, 5) is 41.9. The molecule has 1 amide bonds. The predicted octanol–water partition coefficient (Wildman–Crippen LogP) is 3.77. The molecule has 4 aromatic rings. The van der Waals surface area contributed by atoms with Crippen LogP contribution in [0.3, 0.4) is 0 Å². The first-order valence-corrected chi connectivity index (χ1v) is 12.2. The topological polar surface area (TPSA) is 102 Å². The fraction of sp³-hybridized carbons (Fsp3) is 0.296. The van der Waals surface area contributed by atoms with Crippen molar-refractivity contribution in [1.29, 1.82) is 0 Å². The molecule has 9 nitrogen and oxygen atoms in total. The Kier molecular flexibility index (Phi) is 7.85. The average Bonchev–Trinajstić information content (AvgIpc) is 2.84. The number of carbonyl (C=O) groups excluding carboxylic acids is 1. The molecule has 1 aromatic carbocycles. The lowest BCUT2D eigenvalue weighted by atomic mass is 10.0. The zero-order valence-corrected chi connectivity index (χ0v) is 22.2. The van der Waals surface area contributed by atoms with E-state index in [4.69, 9.17) is 16.3 Å². The summed E-state index contributed by atoms with van der Waals surface area (Å²) in [5.74, 6) is 0.365. The van der Waals surface area contributed by atoms with Gasteiger partial charge in [0, 0.05) is 47.2 Å². The van der Waals surface area contributed by atoms with Crippen LogP contribution in [0.25, 0.3) is 33.5 Å². The summed E-state index contributed by atoms with van der Waals surface area (Å²) in [6.07, 6.45) is 3.23. The normalized spacial score (nSPS) is 11.4. The Bertz CT molecular complexity index is 1520. The van der Waals surface area contributed by atoms with Crippen LogP contribution in [0.4, 0.5) is 0 Å². The molecule has 0 aliphatic carbocycles. The number of hydrogen-bond acceptors (Lipinski definition) is 7. The lowest BCUT2D eigenvalue weighted by molar-refractivity contribution is -0.122. The van der Waals surface area contributed by atoms with Crippen LogP contribution in [0.15, 0.2) is 53.6 Å². The van der Waals surface area contributed by atoms with Crippen molar-refractivity contribution >= 4 is 28.5 Å². The van der Waals surface area contributed by atoms with Crippen molar-refractivity contribution in [3.63, 3.8) is 0 Å². The molecule has 0 saturated heterocycles. The van der Waals surface area contributed by atoms with E-state index in [1.807, 2.05) is 46.1 Å². The molecule has 1 N–H and O–H groups in total. The fourth-order valence-corrected chi connectivity index (χ4v) is 4.33. The smallest absolute Gasteiger partial charge is 0.263 e. The Morgan fingerprint density at radius 1 is 1.11 bits per heavy atom. The highest BCUT2D eigenvalue weighted by Gasteiger charge is 2.18. The van der Waals surface area contributed by atoms with Crippen LogP contribution in [0.2, 0.25) is 5.02 Å². The maximum Gasteiger partial charge on any atom is 0.263 e. The third kappa shape index (κ3) is 6.12. The molecular formula is C27H29ClN6O3. The van der Waals surface area contributed by atoms with Gasteiger partial charge >= 0.3 is 0 Å². The average molecular weight is 521 g/mol. The highest BCUT2D eigenvalue weighted by atomic mass is 35.5. The van der Waals surface area contributed by atoms with Gasteiger partial charge in [0.05, 0.1) is 12.5 Å². The minimum Gasteiger partial charge on any atom is -0.481 e. The molecule has 0 atom stereocenters. The third-order valence-corrected chi connectivity index (χ3v) is 5.77. The van der Waals surface area contributed by atoms with Gasteiger partial charge in [-0.25, -0.2) is 15.0 Å². The zero-order chi connectivity index (χ0) is 26.7. The van der Waals surface area contributed by atoms with Crippen LogP contribution >= 0.6 is 11.6 Å². The standard InChI is InChI=1S/C27H29ClN6O3/c1-16(2)31-23(35)15-34-26(18-6-7-29-24(12-18)37-5)32-25-22(27(34)36)11-20(13-30-25)19-8-17(14-33(3)4)9-21(28)10-19/h6-13,16H,14-15H2,1-5H3,(H,31,35). The summed E-state index contributed by atoms with van der Waals surface area (Å²) >= 11 is 6.39. The molecule has 0 fully saturated rings. The van der Waals surface area contributed by atoms with Gasteiger partial charge in [-0.05, 0) is 69.4 Å². The van der Waals surface area contributed by atoms with Crippen LogP contribution in [0.5, 0.6) is 5.88 Å². The van der Waals surface area contributed by atoms with Gasteiger partial charge in [-0.15, -0.1) is 0 Å². The number of benzene rings is 1. The number of carbonyl (C=O) groups is 1. The maximum absolute atomic E-state index is 13.8. The van der Waals surface area contributed by atoms with Crippen molar-refractivity contribution in [3.8, 4) is 28.4 Å². The van der Waals surface area contributed by atoms with E-state index in [2.05, 4.69) is 25.2 Å². The van der Waals surface area contributed by atoms with E-state index in [0.717, 1.165) is 16.7 Å². The monoisotopic (exact) mass is 520 g/mol. The number of methoxy groups -OCH3 is 1. The molecule has 0 unspecified atom stereocenters. The minimum absolute atomic E-state index is 0.0754. The Balaban J connectivity index is 1.89. The molecule has 10 heteroatoms. The highest BCUT2D eigenvalue weighted by Crippen LogP contribution is 2.27. The number of aromatic nitrogens is 4.